The molecule has 86 valence electrons. The van der Waals surface area contributed by atoms with Gasteiger partial charge in [0.05, 0.1) is 4.47 Å². The maximum absolute atomic E-state index is 13.7. The highest BCUT2D eigenvalue weighted by Gasteiger charge is 2.24. The molecule has 3 nitrogen and oxygen atoms in total. The zero-order chi connectivity index (χ0) is 11.7. The van der Waals surface area contributed by atoms with Crippen LogP contribution in [0.5, 0.6) is 0 Å². The van der Waals surface area contributed by atoms with Crippen molar-refractivity contribution in [1.29, 1.82) is 0 Å². The maximum Gasteiger partial charge on any atom is 0.246 e. The van der Waals surface area contributed by atoms with Crippen LogP contribution in [0, 0.1) is 11.6 Å². The number of nitrogens with one attached hydrogen (secondary N) is 1. The van der Waals surface area contributed by atoms with Gasteiger partial charge >= 0.3 is 0 Å². The second-order valence-corrected chi connectivity index (χ2v) is 4.16. The highest BCUT2D eigenvalue weighted by Crippen LogP contribution is 2.28. The highest BCUT2D eigenvalue weighted by molar-refractivity contribution is 9.10. The third-order valence-corrected chi connectivity index (χ3v) is 3.04. The highest BCUT2D eigenvalue weighted by atomic mass is 79.9. The van der Waals surface area contributed by atoms with Gasteiger partial charge in [-0.3, -0.25) is 4.79 Å². The molecule has 1 aliphatic rings. The summed E-state index contributed by atoms with van der Waals surface area (Å²) in [4.78, 5) is 10.8. The molecule has 1 amide bonds. The molecule has 1 N–H and O–H groups in total. The maximum atomic E-state index is 13.7. The van der Waals surface area contributed by atoms with Crippen LogP contribution in [0.15, 0.2) is 16.6 Å². The molecule has 0 aromatic heterocycles. The first-order valence-electron chi connectivity index (χ1n) is 4.61. The molecule has 1 fully saturated rings. The van der Waals surface area contributed by atoms with E-state index in [1.54, 1.807) is 0 Å². The van der Waals surface area contributed by atoms with Gasteiger partial charge in [-0.1, -0.05) is 6.07 Å². The van der Waals surface area contributed by atoms with Gasteiger partial charge in [0.15, 0.2) is 0 Å². The van der Waals surface area contributed by atoms with E-state index in [4.69, 9.17) is 4.74 Å². The Balaban J connectivity index is 2.27. The van der Waals surface area contributed by atoms with E-state index >= 15 is 0 Å². The van der Waals surface area contributed by atoms with Gasteiger partial charge in [0, 0.05) is 12.1 Å². The predicted octanol–water partition coefficient (Wildman–Crippen LogP) is 1.91. The van der Waals surface area contributed by atoms with Crippen molar-refractivity contribution in [3.05, 3.63) is 33.8 Å². The predicted molar refractivity (Wildman–Crippen MR) is 55.8 cm³/mol. The Morgan fingerprint density at radius 3 is 2.81 bits per heavy atom. The van der Waals surface area contributed by atoms with E-state index in [1.807, 2.05) is 0 Å². The van der Waals surface area contributed by atoms with Crippen molar-refractivity contribution in [2.24, 2.45) is 0 Å². The van der Waals surface area contributed by atoms with Crippen molar-refractivity contribution in [2.75, 3.05) is 13.2 Å². The number of ether oxygens (including phenoxy) is 1. The zero-order valence-electron chi connectivity index (χ0n) is 8.10. The molecule has 1 atom stereocenters. The van der Waals surface area contributed by atoms with Crippen LogP contribution in [0.4, 0.5) is 8.78 Å². The van der Waals surface area contributed by atoms with Crippen LogP contribution in [-0.2, 0) is 9.53 Å². The fourth-order valence-electron chi connectivity index (χ4n) is 1.48. The Morgan fingerprint density at radius 2 is 2.19 bits per heavy atom. The van der Waals surface area contributed by atoms with Crippen LogP contribution < -0.4 is 5.32 Å². The molecule has 2 rings (SSSR count). The minimum Gasteiger partial charge on any atom is -0.362 e. The van der Waals surface area contributed by atoms with Gasteiger partial charge in [-0.25, -0.2) is 8.78 Å². The molecule has 16 heavy (non-hydrogen) atoms. The SMILES string of the molecule is O=C1CO[C@@H](c2ccc(F)c(Br)c2F)CN1. The first-order valence-corrected chi connectivity index (χ1v) is 5.40. The molecule has 0 spiro atoms. The lowest BCUT2D eigenvalue weighted by Crippen LogP contribution is -2.39. The number of benzene rings is 1. The van der Waals surface area contributed by atoms with E-state index in [0.717, 1.165) is 6.07 Å². The van der Waals surface area contributed by atoms with Crippen molar-refractivity contribution in [1.82, 2.24) is 5.32 Å². The number of rotatable bonds is 1. The van der Waals surface area contributed by atoms with Crippen LogP contribution in [0.3, 0.4) is 0 Å². The first kappa shape index (κ1) is 11.5. The standard InChI is InChI=1S/C10H8BrF2NO2/c11-9-6(12)2-1-5(10(9)13)7-3-14-8(15)4-16-7/h1-2,7H,3-4H2,(H,14,15)/t7-/m1/s1. The van der Waals surface area contributed by atoms with Gasteiger partial charge in [-0.15, -0.1) is 0 Å². The fraction of sp³-hybridized carbons (Fsp3) is 0.300. The summed E-state index contributed by atoms with van der Waals surface area (Å²) in [6, 6.07) is 2.47. The summed E-state index contributed by atoms with van der Waals surface area (Å²) in [5, 5.41) is 2.55. The summed E-state index contributed by atoms with van der Waals surface area (Å²) in [6.45, 7) is 0.0763. The lowest BCUT2D eigenvalue weighted by molar-refractivity contribution is -0.133. The van der Waals surface area contributed by atoms with E-state index in [-0.39, 0.29) is 29.1 Å². The largest absolute Gasteiger partial charge is 0.362 e. The Kier molecular flexibility index (Phi) is 3.20. The topological polar surface area (TPSA) is 38.3 Å². The molecule has 0 aliphatic carbocycles. The molecular formula is C10H8BrF2NO2. The summed E-state index contributed by atoms with van der Waals surface area (Å²) < 4.78 is 31.6. The normalized spacial score (nSPS) is 20.7. The third-order valence-electron chi connectivity index (χ3n) is 2.31. The molecular weight excluding hydrogens is 284 g/mol. The molecule has 1 aromatic rings. The zero-order valence-corrected chi connectivity index (χ0v) is 9.68. The van der Waals surface area contributed by atoms with Crippen molar-refractivity contribution in [3.8, 4) is 0 Å². The summed E-state index contributed by atoms with van der Waals surface area (Å²) in [7, 11) is 0. The number of hydrogen-bond acceptors (Lipinski definition) is 2. The summed E-state index contributed by atoms with van der Waals surface area (Å²) in [6.07, 6.45) is -0.574. The Morgan fingerprint density at radius 1 is 1.44 bits per heavy atom. The quantitative estimate of drug-likeness (QED) is 0.803. The van der Waals surface area contributed by atoms with Gasteiger partial charge in [-0.2, -0.15) is 0 Å². The van der Waals surface area contributed by atoms with Crippen molar-refractivity contribution in [3.63, 3.8) is 0 Å². The summed E-state index contributed by atoms with van der Waals surface area (Å²) in [5.41, 5.74) is 0.230. The van der Waals surface area contributed by atoms with E-state index in [9.17, 15) is 13.6 Å². The molecule has 0 radical (unpaired) electrons. The number of carbonyl (C=O) groups is 1. The van der Waals surface area contributed by atoms with Gasteiger partial charge < -0.3 is 10.1 Å². The van der Waals surface area contributed by atoms with E-state index in [1.165, 1.54) is 6.07 Å². The number of amides is 1. The minimum atomic E-state index is -0.693. The molecule has 1 saturated heterocycles. The van der Waals surface area contributed by atoms with Crippen LogP contribution in [-0.4, -0.2) is 19.1 Å². The molecule has 0 saturated carbocycles. The Labute approximate surface area is 98.9 Å². The molecule has 1 heterocycles. The van der Waals surface area contributed by atoms with E-state index < -0.39 is 17.7 Å². The number of morpholine rings is 1. The van der Waals surface area contributed by atoms with Gasteiger partial charge in [0.2, 0.25) is 5.91 Å². The lowest BCUT2D eigenvalue weighted by atomic mass is 10.1. The van der Waals surface area contributed by atoms with Crippen molar-refractivity contribution < 1.29 is 18.3 Å². The number of halogens is 3. The fourth-order valence-corrected chi connectivity index (χ4v) is 1.84. The lowest BCUT2D eigenvalue weighted by Gasteiger charge is -2.24. The first-order chi connectivity index (χ1) is 7.59. The van der Waals surface area contributed by atoms with Crippen LogP contribution in [0.1, 0.15) is 11.7 Å². The number of hydrogen-bond donors (Lipinski definition) is 1. The molecule has 6 heteroatoms. The summed E-state index contributed by atoms with van der Waals surface area (Å²) in [5.74, 6) is -1.60. The average molecular weight is 292 g/mol. The van der Waals surface area contributed by atoms with Crippen LogP contribution in [0.25, 0.3) is 0 Å². The Hall–Kier alpha value is -1.01. The van der Waals surface area contributed by atoms with E-state index in [0.29, 0.717) is 0 Å². The number of carbonyl (C=O) groups excluding carboxylic acids is 1. The minimum absolute atomic E-state index is 0.112. The summed E-state index contributed by atoms with van der Waals surface area (Å²) >= 11 is 2.82. The van der Waals surface area contributed by atoms with E-state index in [2.05, 4.69) is 21.2 Å². The van der Waals surface area contributed by atoms with Gasteiger partial charge in [0.1, 0.15) is 24.3 Å². The molecule has 1 aromatic carbocycles. The third kappa shape index (κ3) is 2.08. The molecule has 0 bridgehead atoms. The monoisotopic (exact) mass is 291 g/mol. The second-order valence-electron chi connectivity index (χ2n) is 3.37. The molecule has 0 unspecified atom stereocenters. The van der Waals surface area contributed by atoms with Crippen LogP contribution in [0.2, 0.25) is 0 Å². The van der Waals surface area contributed by atoms with Crippen molar-refractivity contribution >= 4 is 21.8 Å². The smallest absolute Gasteiger partial charge is 0.246 e. The van der Waals surface area contributed by atoms with Crippen molar-refractivity contribution in [2.45, 2.75) is 6.10 Å². The second kappa shape index (κ2) is 4.47. The van der Waals surface area contributed by atoms with Gasteiger partial charge in [0.25, 0.3) is 0 Å². The van der Waals surface area contributed by atoms with Gasteiger partial charge in [-0.05, 0) is 22.0 Å². The Bertz CT molecular complexity index is 429. The average Bonchev–Trinajstić information content (AvgIpc) is 2.28. The van der Waals surface area contributed by atoms with Crippen LogP contribution >= 0.6 is 15.9 Å². The molecule has 1 aliphatic heterocycles.